The highest BCUT2D eigenvalue weighted by atomic mass is 19.1. The molecule has 4 nitrogen and oxygen atoms in total. The molecular weight excluding hydrogens is 307 g/mol. The maximum atomic E-state index is 13.7. The molecule has 0 aromatic heterocycles. The van der Waals surface area contributed by atoms with Crippen LogP contribution in [0, 0.1) is 11.7 Å². The molecule has 0 radical (unpaired) electrons. The summed E-state index contributed by atoms with van der Waals surface area (Å²) >= 11 is 0. The maximum absolute atomic E-state index is 13.7. The molecule has 2 amide bonds. The average Bonchev–Trinajstić information content (AvgIpc) is 2.50. The standard InChI is InChI=1S/C19H23FN2O2/c1-19(2,3)21-17(23)16(12-7-6-8-13(20)11-12)22-15-10-5-4-9-14(15)18(22)24/h4-8,11,14-16H,9-10H2,1-3H3,(H,21,23)/t14-,15+,16?/m1/s1. The average molecular weight is 330 g/mol. The second-order valence-corrected chi connectivity index (χ2v) is 7.56. The third-order valence-corrected chi connectivity index (χ3v) is 4.52. The van der Waals surface area contributed by atoms with Gasteiger partial charge in [-0.05, 0) is 51.3 Å². The molecule has 24 heavy (non-hydrogen) atoms. The molecule has 0 spiro atoms. The quantitative estimate of drug-likeness (QED) is 0.684. The van der Waals surface area contributed by atoms with Crippen molar-refractivity contribution in [3.8, 4) is 0 Å². The molecule has 3 rings (SSSR count). The number of carbonyl (C=O) groups excluding carboxylic acids is 2. The van der Waals surface area contributed by atoms with Crippen LogP contribution in [-0.4, -0.2) is 28.3 Å². The van der Waals surface area contributed by atoms with Crippen molar-refractivity contribution >= 4 is 11.8 Å². The molecule has 1 aromatic carbocycles. The fourth-order valence-corrected chi connectivity index (χ4v) is 3.52. The van der Waals surface area contributed by atoms with Crippen LogP contribution >= 0.6 is 0 Å². The van der Waals surface area contributed by atoms with Crippen molar-refractivity contribution in [1.82, 2.24) is 10.2 Å². The zero-order valence-electron chi connectivity index (χ0n) is 14.3. The van der Waals surface area contributed by atoms with E-state index < -0.39 is 17.4 Å². The molecule has 1 aliphatic carbocycles. The second-order valence-electron chi connectivity index (χ2n) is 7.56. The first-order valence-corrected chi connectivity index (χ1v) is 8.32. The highest BCUT2D eigenvalue weighted by molar-refractivity contribution is 5.94. The lowest BCUT2D eigenvalue weighted by atomic mass is 9.77. The fraction of sp³-hybridized carbons (Fsp3) is 0.474. The molecule has 0 saturated carbocycles. The lowest BCUT2D eigenvalue weighted by Gasteiger charge is -2.51. The number of hydrogen-bond acceptors (Lipinski definition) is 2. The maximum Gasteiger partial charge on any atom is 0.247 e. The van der Waals surface area contributed by atoms with Crippen molar-refractivity contribution < 1.29 is 14.0 Å². The molecular formula is C19H23FN2O2. The number of carbonyl (C=O) groups is 2. The van der Waals surface area contributed by atoms with Gasteiger partial charge in [0, 0.05) is 11.6 Å². The summed E-state index contributed by atoms with van der Waals surface area (Å²) in [5, 5.41) is 2.93. The summed E-state index contributed by atoms with van der Waals surface area (Å²) in [5.74, 6) is -0.750. The van der Waals surface area contributed by atoms with Gasteiger partial charge in [0.2, 0.25) is 11.8 Å². The molecule has 3 atom stereocenters. The molecule has 128 valence electrons. The van der Waals surface area contributed by atoms with Gasteiger partial charge in [-0.25, -0.2) is 4.39 Å². The summed E-state index contributed by atoms with van der Waals surface area (Å²) in [6.45, 7) is 5.66. The van der Waals surface area contributed by atoms with E-state index in [1.807, 2.05) is 32.9 Å². The van der Waals surface area contributed by atoms with Crippen molar-refractivity contribution in [3.05, 3.63) is 47.8 Å². The predicted molar refractivity (Wildman–Crippen MR) is 89.5 cm³/mol. The Balaban J connectivity index is 1.95. The topological polar surface area (TPSA) is 49.4 Å². The van der Waals surface area contributed by atoms with Crippen LogP contribution in [0.3, 0.4) is 0 Å². The Labute approximate surface area is 141 Å². The van der Waals surface area contributed by atoms with E-state index in [1.54, 1.807) is 17.0 Å². The SMILES string of the molecule is CC(C)(C)NC(=O)C(c1cccc(F)c1)N1C(=O)[C@@H]2CC=CC[C@@H]21. The summed E-state index contributed by atoms with van der Waals surface area (Å²) in [6, 6.07) is 5.18. The number of hydrogen-bond donors (Lipinski definition) is 1. The molecule has 1 fully saturated rings. The smallest absolute Gasteiger partial charge is 0.247 e. The van der Waals surface area contributed by atoms with Crippen LogP contribution in [0.25, 0.3) is 0 Å². The van der Waals surface area contributed by atoms with Crippen molar-refractivity contribution in [1.29, 1.82) is 0 Å². The van der Waals surface area contributed by atoms with Crippen LogP contribution in [0.1, 0.15) is 45.2 Å². The molecule has 1 aromatic rings. The number of nitrogens with zero attached hydrogens (tertiary/aromatic N) is 1. The molecule has 0 bridgehead atoms. The van der Waals surface area contributed by atoms with E-state index in [0.29, 0.717) is 5.56 Å². The molecule has 1 N–H and O–H groups in total. The highest BCUT2D eigenvalue weighted by Crippen LogP contribution is 2.41. The molecule has 2 aliphatic rings. The van der Waals surface area contributed by atoms with E-state index in [9.17, 15) is 14.0 Å². The number of fused-ring (bicyclic) bond motifs is 1. The number of rotatable bonds is 3. The summed E-state index contributed by atoms with van der Waals surface area (Å²) < 4.78 is 13.7. The van der Waals surface area contributed by atoms with Crippen LogP contribution in [0.15, 0.2) is 36.4 Å². The number of benzene rings is 1. The van der Waals surface area contributed by atoms with E-state index in [-0.39, 0.29) is 23.8 Å². The second kappa shape index (κ2) is 6.04. The summed E-state index contributed by atoms with van der Waals surface area (Å²) in [7, 11) is 0. The van der Waals surface area contributed by atoms with E-state index in [2.05, 4.69) is 5.32 Å². The Kier molecular flexibility index (Phi) is 4.20. The third-order valence-electron chi connectivity index (χ3n) is 4.52. The Morgan fingerprint density at radius 2 is 2.00 bits per heavy atom. The third kappa shape index (κ3) is 3.07. The van der Waals surface area contributed by atoms with E-state index in [4.69, 9.17) is 0 Å². The van der Waals surface area contributed by atoms with Crippen LogP contribution < -0.4 is 5.32 Å². The summed E-state index contributed by atoms with van der Waals surface area (Å²) in [5.41, 5.74) is 0.0840. The lowest BCUT2D eigenvalue weighted by molar-refractivity contribution is -0.165. The van der Waals surface area contributed by atoms with Gasteiger partial charge in [-0.3, -0.25) is 9.59 Å². The number of halogens is 1. The first-order valence-electron chi connectivity index (χ1n) is 8.32. The number of nitrogens with one attached hydrogen (secondary N) is 1. The van der Waals surface area contributed by atoms with Gasteiger partial charge >= 0.3 is 0 Å². The Morgan fingerprint density at radius 1 is 1.29 bits per heavy atom. The van der Waals surface area contributed by atoms with Crippen molar-refractivity contribution in [3.63, 3.8) is 0 Å². The van der Waals surface area contributed by atoms with Crippen LogP contribution in [0.2, 0.25) is 0 Å². The van der Waals surface area contributed by atoms with Gasteiger partial charge in [-0.1, -0.05) is 24.3 Å². The largest absolute Gasteiger partial charge is 0.349 e. The molecule has 1 unspecified atom stereocenters. The Hall–Kier alpha value is -2.17. The minimum absolute atomic E-state index is 0.0153. The minimum atomic E-state index is -0.792. The van der Waals surface area contributed by atoms with E-state index in [0.717, 1.165) is 12.8 Å². The van der Waals surface area contributed by atoms with Crippen LogP contribution in [0.5, 0.6) is 0 Å². The molecule has 1 aliphatic heterocycles. The zero-order valence-corrected chi connectivity index (χ0v) is 14.3. The number of amides is 2. The number of allylic oxidation sites excluding steroid dienone is 1. The fourth-order valence-electron chi connectivity index (χ4n) is 3.52. The summed E-state index contributed by atoms with van der Waals surface area (Å²) in [4.78, 5) is 27.1. The highest BCUT2D eigenvalue weighted by Gasteiger charge is 2.52. The van der Waals surface area contributed by atoms with Gasteiger partial charge in [-0.2, -0.15) is 0 Å². The van der Waals surface area contributed by atoms with Crippen molar-refractivity contribution in [2.45, 2.75) is 51.2 Å². The first kappa shape index (κ1) is 16.7. The Morgan fingerprint density at radius 3 is 2.67 bits per heavy atom. The van der Waals surface area contributed by atoms with Gasteiger partial charge in [0.15, 0.2) is 0 Å². The number of likely N-dealkylation sites (tertiary alicyclic amines) is 1. The summed E-state index contributed by atoms with van der Waals surface area (Å²) in [6.07, 6.45) is 5.52. The van der Waals surface area contributed by atoms with Crippen molar-refractivity contribution in [2.24, 2.45) is 5.92 Å². The van der Waals surface area contributed by atoms with Gasteiger partial charge in [-0.15, -0.1) is 0 Å². The van der Waals surface area contributed by atoms with Crippen molar-refractivity contribution in [2.75, 3.05) is 0 Å². The lowest BCUT2D eigenvalue weighted by Crippen LogP contribution is -2.64. The predicted octanol–water partition coefficient (Wildman–Crippen LogP) is 2.96. The van der Waals surface area contributed by atoms with Gasteiger partial charge in [0.05, 0.1) is 5.92 Å². The molecule has 5 heteroatoms. The molecule has 1 heterocycles. The van der Waals surface area contributed by atoms with Crippen LogP contribution in [-0.2, 0) is 9.59 Å². The van der Waals surface area contributed by atoms with Gasteiger partial charge in [0.25, 0.3) is 0 Å². The molecule has 1 saturated heterocycles. The van der Waals surface area contributed by atoms with E-state index >= 15 is 0 Å². The van der Waals surface area contributed by atoms with Gasteiger partial charge in [0.1, 0.15) is 11.9 Å². The van der Waals surface area contributed by atoms with Crippen LogP contribution in [0.4, 0.5) is 4.39 Å². The minimum Gasteiger partial charge on any atom is -0.349 e. The first-order chi connectivity index (χ1) is 11.3. The monoisotopic (exact) mass is 330 g/mol. The number of β-lactam (4-membered cyclic amide) rings is 1. The van der Waals surface area contributed by atoms with E-state index in [1.165, 1.54) is 12.1 Å². The van der Waals surface area contributed by atoms with Gasteiger partial charge < -0.3 is 10.2 Å². The normalized spacial score (nSPS) is 24.2. The zero-order chi connectivity index (χ0) is 17.5. The Bertz CT molecular complexity index is 693.